The molecule has 2 fully saturated rings. The van der Waals surface area contributed by atoms with Gasteiger partial charge in [0, 0.05) is 24.7 Å². The second-order valence-corrected chi connectivity index (χ2v) is 7.38. The Balaban J connectivity index is 0.00000220. The number of carbonyl (C=O) groups is 1. The van der Waals surface area contributed by atoms with E-state index >= 15 is 0 Å². The van der Waals surface area contributed by atoms with Gasteiger partial charge in [-0.05, 0) is 51.9 Å². The van der Waals surface area contributed by atoms with Gasteiger partial charge in [-0.15, -0.1) is 12.4 Å². The Kier molecular flexibility index (Phi) is 6.51. The van der Waals surface area contributed by atoms with Gasteiger partial charge in [-0.25, -0.2) is 0 Å². The minimum absolute atomic E-state index is 0. The maximum Gasteiger partial charge on any atom is 0.237 e. The third kappa shape index (κ3) is 4.33. The first-order valence-corrected chi connectivity index (χ1v) is 8.15. The topological polar surface area (TPSA) is 58.4 Å². The number of nitrogens with two attached hydrogens (primary N) is 1. The number of halogens is 1. The zero-order valence-corrected chi connectivity index (χ0v) is 14.7. The second-order valence-electron chi connectivity index (χ2n) is 7.38. The molecule has 0 aromatic rings. The Morgan fingerprint density at radius 1 is 1.38 bits per heavy atom. The van der Waals surface area contributed by atoms with Gasteiger partial charge in [0.05, 0.1) is 6.04 Å². The zero-order chi connectivity index (χ0) is 14.9. The molecule has 1 aliphatic carbocycles. The third-order valence-corrected chi connectivity index (χ3v) is 5.45. The molecule has 4 unspecified atom stereocenters. The molecule has 0 aromatic heterocycles. The summed E-state index contributed by atoms with van der Waals surface area (Å²) >= 11 is 0. The summed E-state index contributed by atoms with van der Waals surface area (Å²) in [5, 5.41) is 3.16. The van der Waals surface area contributed by atoms with Crippen LogP contribution in [0.15, 0.2) is 0 Å². The van der Waals surface area contributed by atoms with Crippen molar-refractivity contribution in [3.8, 4) is 0 Å². The first-order valence-electron chi connectivity index (χ1n) is 8.15. The summed E-state index contributed by atoms with van der Waals surface area (Å²) in [6, 6.07) is 0.291. The van der Waals surface area contributed by atoms with Crippen molar-refractivity contribution in [2.45, 2.75) is 71.0 Å². The Labute approximate surface area is 135 Å². The van der Waals surface area contributed by atoms with Crippen LogP contribution in [0.4, 0.5) is 0 Å². The van der Waals surface area contributed by atoms with Crippen molar-refractivity contribution in [3.63, 3.8) is 0 Å². The Hall–Kier alpha value is -0.320. The van der Waals surface area contributed by atoms with Crippen LogP contribution >= 0.6 is 12.4 Å². The van der Waals surface area contributed by atoms with Gasteiger partial charge in [0.1, 0.15) is 0 Å². The smallest absolute Gasteiger partial charge is 0.237 e. The summed E-state index contributed by atoms with van der Waals surface area (Å²) in [4.78, 5) is 14.7. The number of hydrogen-bond donors (Lipinski definition) is 2. The standard InChI is InChI=1S/C16H31N3O.ClH/c1-5-16(3,4)18-15(20)11(2)19-9-12-7-6-8-14(17)13(12)10-19;/h11-14H,5-10,17H2,1-4H3,(H,18,20);1H. The number of amides is 1. The Morgan fingerprint density at radius 2 is 2.05 bits per heavy atom. The van der Waals surface area contributed by atoms with Gasteiger partial charge in [0.2, 0.25) is 5.91 Å². The van der Waals surface area contributed by atoms with Gasteiger partial charge < -0.3 is 11.1 Å². The van der Waals surface area contributed by atoms with Crippen LogP contribution in [0.25, 0.3) is 0 Å². The molecule has 124 valence electrons. The predicted octanol–water partition coefficient (Wildman–Crippen LogP) is 2.16. The van der Waals surface area contributed by atoms with Crippen LogP contribution in [0.2, 0.25) is 0 Å². The predicted molar refractivity (Wildman–Crippen MR) is 89.6 cm³/mol. The summed E-state index contributed by atoms with van der Waals surface area (Å²) in [6.45, 7) is 10.3. The highest BCUT2D eigenvalue weighted by molar-refractivity contribution is 5.85. The highest BCUT2D eigenvalue weighted by Crippen LogP contribution is 2.36. The molecule has 4 atom stereocenters. The molecule has 1 amide bonds. The normalized spacial score (nSPS) is 31.2. The fourth-order valence-corrected chi connectivity index (χ4v) is 3.56. The minimum Gasteiger partial charge on any atom is -0.350 e. The van der Waals surface area contributed by atoms with Crippen molar-refractivity contribution in [2.75, 3.05) is 13.1 Å². The number of likely N-dealkylation sites (tertiary alicyclic amines) is 1. The van der Waals surface area contributed by atoms with Crippen molar-refractivity contribution in [1.29, 1.82) is 0 Å². The van der Waals surface area contributed by atoms with Crippen LogP contribution in [0.1, 0.15) is 53.4 Å². The van der Waals surface area contributed by atoms with Gasteiger partial charge in [0.15, 0.2) is 0 Å². The monoisotopic (exact) mass is 317 g/mol. The lowest BCUT2D eigenvalue weighted by Crippen LogP contribution is -2.51. The van der Waals surface area contributed by atoms with E-state index in [2.05, 4.69) is 31.0 Å². The first kappa shape index (κ1) is 18.7. The summed E-state index contributed by atoms with van der Waals surface area (Å²) in [5.41, 5.74) is 6.14. The molecule has 0 aromatic carbocycles. The van der Waals surface area contributed by atoms with Gasteiger partial charge in [-0.3, -0.25) is 9.69 Å². The van der Waals surface area contributed by atoms with E-state index in [-0.39, 0.29) is 29.9 Å². The molecule has 1 saturated heterocycles. The van der Waals surface area contributed by atoms with Crippen LogP contribution in [-0.2, 0) is 4.79 Å². The zero-order valence-electron chi connectivity index (χ0n) is 13.9. The third-order valence-electron chi connectivity index (χ3n) is 5.45. The first-order chi connectivity index (χ1) is 9.34. The lowest BCUT2D eigenvalue weighted by molar-refractivity contribution is -0.127. The molecule has 0 bridgehead atoms. The van der Waals surface area contributed by atoms with Gasteiger partial charge in [-0.2, -0.15) is 0 Å². The molecule has 4 nitrogen and oxygen atoms in total. The van der Waals surface area contributed by atoms with Gasteiger partial charge in [0.25, 0.3) is 0 Å². The number of rotatable bonds is 4. The molecule has 1 saturated carbocycles. The maximum absolute atomic E-state index is 12.4. The summed E-state index contributed by atoms with van der Waals surface area (Å²) in [7, 11) is 0. The molecular formula is C16H32ClN3O. The molecular weight excluding hydrogens is 286 g/mol. The van der Waals surface area contributed by atoms with E-state index in [9.17, 15) is 4.79 Å². The highest BCUT2D eigenvalue weighted by atomic mass is 35.5. The number of carbonyl (C=O) groups excluding carboxylic acids is 1. The van der Waals surface area contributed by atoms with E-state index in [4.69, 9.17) is 5.73 Å². The molecule has 1 aliphatic heterocycles. The average Bonchev–Trinajstić information content (AvgIpc) is 2.82. The van der Waals surface area contributed by atoms with Crippen molar-refractivity contribution < 1.29 is 4.79 Å². The quantitative estimate of drug-likeness (QED) is 0.835. The Morgan fingerprint density at radius 3 is 2.62 bits per heavy atom. The van der Waals surface area contributed by atoms with Crippen molar-refractivity contribution >= 4 is 18.3 Å². The van der Waals surface area contributed by atoms with E-state index in [1.807, 2.05) is 6.92 Å². The molecule has 3 N–H and O–H groups in total. The molecule has 2 rings (SSSR count). The molecule has 0 radical (unpaired) electrons. The number of hydrogen-bond acceptors (Lipinski definition) is 3. The van der Waals surface area contributed by atoms with Crippen LogP contribution < -0.4 is 11.1 Å². The molecule has 1 heterocycles. The Bertz CT molecular complexity index is 361. The van der Waals surface area contributed by atoms with E-state index < -0.39 is 0 Å². The average molecular weight is 318 g/mol. The van der Waals surface area contributed by atoms with Crippen molar-refractivity contribution in [1.82, 2.24) is 10.2 Å². The van der Waals surface area contributed by atoms with Crippen LogP contribution in [0.5, 0.6) is 0 Å². The maximum atomic E-state index is 12.4. The number of nitrogens with zero attached hydrogens (tertiary/aromatic N) is 1. The molecule has 21 heavy (non-hydrogen) atoms. The van der Waals surface area contributed by atoms with Gasteiger partial charge >= 0.3 is 0 Å². The number of nitrogens with one attached hydrogen (secondary N) is 1. The molecule has 2 aliphatic rings. The molecule has 0 spiro atoms. The van der Waals surface area contributed by atoms with E-state index in [0.717, 1.165) is 25.9 Å². The summed E-state index contributed by atoms with van der Waals surface area (Å²) < 4.78 is 0. The lowest BCUT2D eigenvalue weighted by atomic mass is 9.78. The van der Waals surface area contributed by atoms with E-state index in [0.29, 0.717) is 17.9 Å². The fraction of sp³-hybridized carbons (Fsp3) is 0.938. The largest absolute Gasteiger partial charge is 0.350 e. The number of fused-ring (bicyclic) bond motifs is 1. The van der Waals surface area contributed by atoms with Crippen LogP contribution in [-0.4, -0.2) is 41.5 Å². The van der Waals surface area contributed by atoms with Crippen LogP contribution in [0.3, 0.4) is 0 Å². The summed E-state index contributed by atoms with van der Waals surface area (Å²) in [5.74, 6) is 1.45. The van der Waals surface area contributed by atoms with Crippen LogP contribution in [0, 0.1) is 11.8 Å². The summed E-state index contributed by atoms with van der Waals surface area (Å²) in [6.07, 6.45) is 4.63. The van der Waals surface area contributed by atoms with Gasteiger partial charge in [-0.1, -0.05) is 13.3 Å². The van der Waals surface area contributed by atoms with E-state index in [1.54, 1.807) is 0 Å². The molecule has 5 heteroatoms. The SMILES string of the molecule is CCC(C)(C)NC(=O)C(C)N1CC2CCCC(N)C2C1.Cl. The van der Waals surface area contributed by atoms with Crippen molar-refractivity contribution in [2.24, 2.45) is 17.6 Å². The fourth-order valence-electron chi connectivity index (χ4n) is 3.56. The second kappa shape index (κ2) is 7.30. The van der Waals surface area contributed by atoms with E-state index in [1.165, 1.54) is 12.8 Å². The lowest BCUT2D eigenvalue weighted by Gasteiger charge is -2.30. The highest BCUT2D eigenvalue weighted by Gasteiger charge is 2.41. The minimum atomic E-state index is -0.117. The van der Waals surface area contributed by atoms with Crippen molar-refractivity contribution in [3.05, 3.63) is 0 Å².